The lowest BCUT2D eigenvalue weighted by atomic mass is 9.89. The van der Waals surface area contributed by atoms with Gasteiger partial charge in [-0.3, -0.25) is 4.79 Å². The molecular formula is C11H13BF3NO3S. The Hall–Kier alpha value is -0.925. The number of thiazole rings is 1. The monoisotopic (exact) mass is 307 g/mol. The van der Waals surface area contributed by atoms with Crippen molar-refractivity contribution in [3.63, 3.8) is 0 Å². The minimum Gasteiger partial charge on any atom is -0.399 e. The number of rotatable bonds is 2. The number of alkyl halides is 3. The first kappa shape index (κ1) is 15.5. The summed E-state index contributed by atoms with van der Waals surface area (Å²) in [6.07, 6.45) is -3.74. The van der Waals surface area contributed by atoms with E-state index >= 15 is 0 Å². The predicted molar refractivity (Wildman–Crippen MR) is 68.2 cm³/mol. The first-order chi connectivity index (χ1) is 8.94. The number of hydrogen-bond donors (Lipinski definition) is 0. The van der Waals surface area contributed by atoms with Gasteiger partial charge in [-0.1, -0.05) is 0 Å². The Labute approximate surface area is 118 Å². The van der Waals surface area contributed by atoms with Gasteiger partial charge in [0.15, 0.2) is 5.01 Å². The molecule has 1 saturated heterocycles. The van der Waals surface area contributed by atoms with E-state index in [0.29, 0.717) is 16.1 Å². The number of carbonyl (C=O) groups excluding carboxylic acids is 1. The maximum atomic E-state index is 12.3. The van der Waals surface area contributed by atoms with Crippen molar-refractivity contribution in [1.82, 2.24) is 4.98 Å². The van der Waals surface area contributed by atoms with E-state index in [4.69, 9.17) is 9.31 Å². The molecule has 0 amide bonds. The minimum atomic E-state index is -4.93. The molecule has 0 aliphatic carbocycles. The summed E-state index contributed by atoms with van der Waals surface area (Å²) < 4.78 is 48.7. The van der Waals surface area contributed by atoms with Crippen molar-refractivity contribution >= 4 is 29.0 Å². The lowest BCUT2D eigenvalue weighted by Gasteiger charge is -2.32. The van der Waals surface area contributed by atoms with Gasteiger partial charge in [0.05, 0.1) is 16.0 Å². The molecule has 1 aliphatic heterocycles. The van der Waals surface area contributed by atoms with Gasteiger partial charge >= 0.3 is 13.3 Å². The average Bonchev–Trinajstić information content (AvgIpc) is 2.80. The Morgan fingerprint density at radius 2 is 1.75 bits per heavy atom. The van der Waals surface area contributed by atoms with Crippen molar-refractivity contribution in [3.8, 4) is 0 Å². The number of Topliss-reactive ketones (excluding diaryl/α,β-unsaturated/α-hetero) is 1. The van der Waals surface area contributed by atoms with Gasteiger partial charge in [0.25, 0.3) is 5.78 Å². The Morgan fingerprint density at radius 1 is 1.25 bits per heavy atom. The molecule has 0 saturated carbocycles. The lowest BCUT2D eigenvalue weighted by Crippen LogP contribution is -2.41. The maximum absolute atomic E-state index is 12.3. The van der Waals surface area contributed by atoms with Crippen LogP contribution in [0.4, 0.5) is 13.2 Å². The van der Waals surface area contributed by atoms with Gasteiger partial charge in [0.1, 0.15) is 0 Å². The van der Waals surface area contributed by atoms with E-state index in [-0.39, 0.29) is 0 Å². The van der Waals surface area contributed by atoms with Crippen molar-refractivity contribution in [2.75, 3.05) is 0 Å². The summed E-state index contributed by atoms with van der Waals surface area (Å²) in [5.41, 5.74) is -1.20. The standard InChI is InChI=1S/C11H13BF3NO3S/c1-9(2)10(3,4)19-12(18-9)6-5-16-8(20-6)7(17)11(13,14)15/h5H,1-4H3. The first-order valence-electron chi connectivity index (χ1n) is 5.87. The summed E-state index contributed by atoms with van der Waals surface area (Å²) in [6.45, 7) is 7.32. The van der Waals surface area contributed by atoms with E-state index in [1.165, 1.54) is 6.20 Å². The van der Waals surface area contributed by atoms with Crippen LogP contribution in [0, 0.1) is 0 Å². The van der Waals surface area contributed by atoms with Crippen LogP contribution in [-0.4, -0.2) is 35.3 Å². The van der Waals surface area contributed by atoms with Crippen LogP contribution in [0.5, 0.6) is 0 Å². The van der Waals surface area contributed by atoms with Gasteiger partial charge in [-0.05, 0) is 27.7 Å². The second-order valence-corrected chi connectivity index (χ2v) is 6.55. The van der Waals surface area contributed by atoms with Crippen molar-refractivity contribution in [3.05, 3.63) is 11.2 Å². The molecule has 0 bridgehead atoms. The third-order valence-electron chi connectivity index (χ3n) is 3.46. The van der Waals surface area contributed by atoms with Crippen LogP contribution in [-0.2, 0) is 9.31 Å². The highest BCUT2D eigenvalue weighted by molar-refractivity contribution is 7.23. The second kappa shape index (κ2) is 4.54. The Bertz CT molecular complexity index is 525. The molecule has 0 atom stereocenters. The zero-order valence-corrected chi connectivity index (χ0v) is 12.2. The van der Waals surface area contributed by atoms with Crippen LogP contribution < -0.4 is 4.78 Å². The quantitative estimate of drug-likeness (QED) is 0.621. The lowest BCUT2D eigenvalue weighted by molar-refractivity contribution is -0.0885. The van der Waals surface area contributed by atoms with Gasteiger partial charge in [-0.15, -0.1) is 11.3 Å². The smallest absolute Gasteiger partial charge is 0.399 e. The van der Waals surface area contributed by atoms with Crippen LogP contribution in [0.2, 0.25) is 0 Å². The summed E-state index contributed by atoms with van der Waals surface area (Å²) >= 11 is 0.636. The Balaban J connectivity index is 2.22. The number of hydrogen-bond acceptors (Lipinski definition) is 5. The molecule has 0 unspecified atom stereocenters. The van der Waals surface area contributed by atoms with E-state index < -0.39 is 35.3 Å². The third-order valence-corrected chi connectivity index (χ3v) is 4.48. The van der Waals surface area contributed by atoms with Crippen LogP contribution in [0.15, 0.2) is 6.20 Å². The van der Waals surface area contributed by atoms with Crippen molar-refractivity contribution in [2.45, 2.75) is 45.1 Å². The number of aromatic nitrogens is 1. The van der Waals surface area contributed by atoms with Gasteiger partial charge in [-0.25, -0.2) is 4.98 Å². The minimum absolute atomic E-state index is 0.344. The van der Waals surface area contributed by atoms with Crippen LogP contribution in [0.25, 0.3) is 0 Å². The third kappa shape index (κ3) is 2.62. The van der Waals surface area contributed by atoms with E-state index in [9.17, 15) is 18.0 Å². The molecule has 1 aromatic heterocycles. The van der Waals surface area contributed by atoms with E-state index in [1.54, 1.807) is 0 Å². The topological polar surface area (TPSA) is 48.4 Å². The van der Waals surface area contributed by atoms with Gasteiger partial charge in [-0.2, -0.15) is 13.2 Å². The first-order valence-corrected chi connectivity index (χ1v) is 6.68. The van der Waals surface area contributed by atoms with Crippen LogP contribution >= 0.6 is 11.3 Å². The Kier molecular flexibility index (Phi) is 3.51. The van der Waals surface area contributed by atoms with E-state index in [1.807, 2.05) is 27.7 Å². The van der Waals surface area contributed by atoms with Crippen LogP contribution in [0.1, 0.15) is 37.5 Å². The molecule has 1 fully saturated rings. The highest BCUT2D eigenvalue weighted by Gasteiger charge is 2.52. The van der Waals surface area contributed by atoms with Crippen molar-refractivity contribution in [1.29, 1.82) is 0 Å². The van der Waals surface area contributed by atoms with E-state index in [2.05, 4.69) is 4.98 Å². The number of halogens is 3. The molecule has 9 heteroatoms. The number of ketones is 1. The zero-order valence-electron chi connectivity index (χ0n) is 11.4. The fourth-order valence-electron chi connectivity index (χ4n) is 1.58. The second-order valence-electron chi connectivity index (χ2n) is 5.48. The molecule has 0 N–H and O–H groups in total. The summed E-state index contributed by atoms with van der Waals surface area (Å²) in [5, 5.41) is -0.609. The molecule has 0 radical (unpaired) electrons. The highest BCUT2D eigenvalue weighted by Crippen LogP contribution is 2.37. The van der Waals surface area contributed by atoms with Crippen LogP contribution in [0.3, 0.4) is 0 Å². The molecule has 20 heavy (non-hydrogen) atoms. The molecule has 4 nitrogen and oxygen atoms in total. The molecule has 1 aliphatic rings. The molecule has 2 heterocycles. The Morgan fingerprint density at radius 3 is 2.20 bits per heavy atom. The highest BCUT2D eigenvalue weighted by atomic mass is 32.1. The van der Waals surface area contributed by atoms with Crippen molar-refractivity contribution in [2.24, 2.45) is 0 Å². The molecule has 1 aromatic rings. The SMILES string of the molecule is CC1(C)OB(c2cnc(C(=O)C(F)(F)F)s2)OC1(C)C. The number of carbonyl (C=O) groups is 1. The van der Waals surface area contributed by atoms with E-state index in [0.717, 1.165) is 0 Å². The summed E-state index contributed by atoms with van der Waals surface area (Å²) in [6, 6.07) is 0. The predicted octanol–water partition coefficient (Wildman–Crippen LogP) is 2.19. The average molecular weight is 307 g/mol. The summed E-state index contributed by atoms with van der Waals surface area (Å²) in [5.74, 6) is -1.95. The normalized spacial score (nSPS) is 21.2. The molecular weight excluding hydrogens is 294 g/mol. The molecule has 2 rings (SSSR count). The molecule has 0 aromatic carbocycles. The largest absolute Gasteiger partial charge is 0.507 e. The van der Waals surface area contributed by atoms with Gasteiger partial charge in [0.2, 0.25) is 0 Å². The zero-order chi connectivity index (χ0) is 15.3. The van der Waals surface area contributed by atoms with Gasteiger partial charge in [0, 0.05) is 6.20 Å². The summed E-state index contributed by atoms with van der Waals surface area (Å²) in [7, 11) is -0.813. The molecule has 0 spiro atoms. The fraction of sp³-hybridized carbons (Fsp3) is 0.636. The van der Waals surface area contributed by atoms with Crippen molar-refractivity contribution < 1.29 is 27.3 Å². The van der Waals surface area contributed by atoms with Gasteiger partial charge < -0.3 is 9.31 Å². The molecule has 110 valence electrons. The maximum Gasteiger partial charge on any atom is 0.507 e. The summed E-state index contributed by atoms with van der Waals surface area (Å²) in [4.78, 5) is 14.6. The number of nitrogens with zero attached hydrogens (tertiary/aromatic N) is 1. The fourth-order valence-corrected chi connectivity index (χ4v) is 2.42.